The Morgan fingerprint density at radius 3 is 3.00 bits per heavy atom. The fraction of sp³-hybridized carbons (Fsp3) is 0.500. The zero-order valence-corrected chi connectivity index (χ0v) is 14.5. The zero-order valence-electron chi connectivity index (χ0n) is 13.8. The van der Waals surface area contributed by atoms with E-state index in [2.05, 4.69) is 10.1 Å². The summed E-state index contributed by atoms with van der Waals surface area (Å²) in [6, 6.07) is 7.11. The number of rotatable bonds is 4. The molecule has 1 aromatic carbocycles. The summed E-state index contributed by atoms with van der Waals surface area (Å²) in [5.74, 6) is 0.630. The molecule has 0 spiro atoms. The summed E-state index contributed by atoms with van der Waals surface area (Å²) in [7, 11) is 0. The Bertz CT molecular complexity index is 778. The van der Waals surface area contributed by atoms with Gasteiger partial charge in [-0.05, 0) is 37.3 Å². The molecule has 0 amide bonds. The average molecular weight is 362 g/mol. The monoisotopic (exact) mass is 361 g/mol. The molecule has 25 heavy (non-hydrogen) atoms. The summed E-state index contributed by atoms with van der Waals surface area (Å²) in [6.45, 7) is 0.381. The van der Waals surface area contributed by atoms with Crippen LogP contribution in [0.15, 0.2) is 28.8 Å². The van der Waals surface area contributed by atoms with Crippen LogP contribution in [0.1, 0.15) is 38.0 Å². The third-order valence-electron chi connectivity index (χ3n) is 5.38. The van der Waals surface area contributed by atoms with Crippen LogP contribution in [-0.2, 0) is 11.3 Å². The Hall–Kier alpha value is -1.92. The third kappa shape index (κ3) is 3.28. The second-order valence-corrected chi connectivity index (χ2v) is 7.33. The van der Waals surface area contributed by atoms with Crippen LogP contribution in [0.4, 0.5) is 0 Å². The standard InChI is InChI=1S/C18H20ClN3O3/c19-13-6-3-5-12(8-13)17-20-16(25-21-17)10-22-14-7-2-1-4-11(14)9-15(22)18(23)24/h3,5-6,8,11,14-15H,1-2,4,7,9-10H2,(H,23,24). The van der Waals surface area contributed by atoms with Gasteiger partial charge in [0.25, 0.3) is 0 Å². The van der Waals surface area contributed by atoms with Crippen molar-refractivity contribution in [1.29, 1.82) is 0 Å². The van der Waals surface area contributed by atoms with Gasteiger partial charge in [-0.1, -0.05) is 41.7 Å². The van der Waals surface area contributed by atoms with E-state index in [1.54, 1.807) is 12.1 Å². The number of carboxylic acid groups (broad SMARTS) is 1. The van der Waals surface area contributed by atoms with Crippen molar-refractivity contribution in [3.8, 4) is 11.4 Å². The van der Waals surface area contributed by atoms with E-state index in [0.717, 1.165) is 31.2 Å². The van der Waals surface area contributed by atoms with Gasteiger partial charge in [0.1, 0.15) is 6.04 Å². The summed E-state index contributed by atoms with van der Waals surface area (Å²) in [4.78, 5) is 18.2. The Kier molecular flexibility index (Phi) is 4.48. The minimum absolute atomic E-state index is 0.302. The van der Waals surface area contributed by atoms with Crippen molar-refractivity contribution in [2.75, 3.05) is 0 Å². The van der Waals surface area contributed by atoms with E-state index in [9.17, 15) is 9.90 Å². The number of carbonyl (C=O) groups is 1. The van der Waals surface area contributed by atoms with E-state index in [1.807, 2.05) is 17.0 Å². The SMILES string of the molecule is O=C(O)C1CC2CCCCC2N1Cc1nc(-c2cccc(Cl)c2)no1. The highest BCUT2D eigenvalue weighted by molar-refractivity contribution is 6.30. The first-order valence-electron chi connectivity index (χ1n) is 8.69. The molecule has 3 unspecified atom stereocenters. The largest absolute Gasteiger partial charge is 0.480 e. The second-order valence-electron chi connectivity index (χ2n) is 6.90. The molecule has 1 aromatic heterocycles. The lowest BCUT2D eigenvalue weighted by atomic mass is 9.85. The minimum atomic E-state index is -0.760. The fourth-order valence-corrected chi connectivity index (χ4v) is 4.43. The maximum Gasteiger partial charge on any atom is 0.320 e. The molecule has 1 aliphatic carbocycles. The van der Waals surface area contributed by atoms with Gasteiger partial charge < -0.3 is 9.63 Å². The van der Waals surface area contributed by atoms with Crippen molar-refractivity contribution in [1.82, 2.24) is 15.0 Å². The van der Waals surface area contributed by atoms with Gasteiger partial charge in [-0.25, -0.2) is 0 Å². The summed E-state index contributed by atoms with van der Waals surface area (Å²) in [5, 5.41) is 14.2. The number of carboxylic acids is 1. The van der Waals surface area contributed by atoms with E-state index in [0.29, 0.717) is 35.2 Å². The first-order valence-corrected chi connectivity index (χ1v) is 9.06. The lowest BCUT2D eigenvalue weighted by Crippen LogP contribution is -2.41. The number of aliphatic carboxylic acids is 1. The van der Waals surface area contributed by atoms with Crippen LogP contribution in [0.5, 0.6) is 0 Å². The van der Waals surface area contributed by atoms with E-state index in [-0.39, 0.29) is 0 Å². The highest BCUT2D eigenvalue weighted by atomic mass is 35.5. The molecule has 4 rings (SSSR count). The molecule has 132 valence electrons. The molecule has 1 aliphatic heterocycles. The van der Waals surface area contributed by atoms with Gasteiger partial charge in [0, 0.05) is 16.6 Å². The van der Waals surface area contributed by atoms with Crippen LogP contribution in [0.3, 0.4) is 0 Å². The topological polar surface area (TPSA) is 79.5 Å². The van der Waals surface area contributed by atoms with Crippen molar-refractivity contribution in [2.45, 2.75) is 50.7 Å². The Balaban J connectivity index is 1.55. The lowest BCUT2D eigenvalue weighted by molar-refractivity contribution is -0.143. The number of likely N-dealkylation sites (tertiary alicyclic amines) is 1. The Morgan fingerprint density at radius 2 is 2.20 bits per heavy atom. The van der Waals surface area contributed by atoms with Crippen molar-refractivity contribution in [3.05, 3.63) is 35.2 Å². The zero-order chi connectivity index (χ0) is 17.4. The lowest BCUT2D eigenvalue weighted by Gasteiger charge is -2.31. The summed E-state index contributed by atoms with van der Waals surface area (Å²) < 4.78 is 5.39. The van der Waals surface area contributed by atoms with E-state index in [4.69, 9.17) is 16.1 Å². The first-order chi connectivity index (χ1) is 12.1. The smallest absolute Gasteiger partial charge is 0.320 e. The molecular formula is C18H20ClN3O3. The van der Waals surface area contributed by atoms with Gasteiger partial charge in [-0.3, -0.25) is 9.69 Å². The van der Waals surface area contributed by atoms with Gasteiger partial charge in [0.2, 0.25) is 11.7 Å². The van der Waals surface area contributed by atoms with Crippen LogP contribution >= 0.6 is 11.6 Å². The Morgan fingerprint density at radius 1 is 1.36 bits per heavy atom. The van der Waals surface area contributed by atoms with Gasteiger partial charge in [-0.2, -0.15) is 4.98 Å². The molecule has 1 saturated heterocycles. The number of hydrogen-bond donors (Lipinski definition) is 1. The molecule has 6 nitrogen and oxygen atoms in total. The third-order valence-corrected chi connectivity index (χ3v) is 5.61. The highest BCUT2D eigenvalue weighted by Crippen LogP contribution is 2.40. The molecular weight excluding hydrogens is 342 g/mol. The molecule has 1 N–H and O–H groups in total. The molecule has 0 radical (unpaired) electrons. The number of aromatic nitrogens is 2. The molecule has 2 fully saturated rings. The predicted molar refractivity (Wildman–Crippen MR) is 92.1 cm³/mol. The molecule has 0 bridgehead atoms. The van der Waals surface area contributed by atoms with Gasteiger partial charge >= 0.3 is 5.97 Å². The number of nitrogens with zero attached hydrogens (tertiary/aromatic N) is 3. The number of hydrogen-bond acceptors (Lipinski definition) is 5. The van der Waals surface area contributed by atoms with Crippen LogP contribution in [-0.4, -0.2) is 38.2 Å². The normalized spacial score (nSPS) is 26.5. The van der Waals surface area contributed by atoms with Crippen molar-refractivity contribution in [2.24, 2.45) is 5.92 Å². The number of fused-ring (bicyclic) bond motifs is 1. The molecule has 2 aliphatic rings. The van der Waals surface area contributed by atoms with E-state index in [1.165, 1.54) is 6.42 Å². The van der Waals surface area contributed by atoms with Crippen molar-refractivity contribution in [3.63, 3.8) is 0 Å². The van der Waals surface area contributed by atoms with Gasteiger partial charge in [-0.15, -0.1) is 0 Å². The maximum atomic E-state index is 11.7. The highest BCUT2D eigenvalue weighted by Gasteiger charge is 2.45. The first kappa shape index (κ1) is 16.5. The van der Waals surface area contributed by atoms with Gasteiger partial charge in [0.15, 0.2) is 0 Å². The van der Waals surface area contributed by atoms with Crippen LogP contribution in [0.2, 0.25) is 5.02 Å². The molecule has 1 saturated carbocycles. The fourth-order valence-electron chi connectivity index (χ4n) is 4.24. The van der Waals surface area contributed by atoms with Crippen LogP contribution in [0, 0.1) is 5.92 Å². The van der Waals surface area contributed by atoms with E-state index < -0.39 is 12.0 Å². The molecule has 7 heteroatoms. The quantitative estimate of drug-likeness (QED) is 0.896. The van der Waals surface area contributed by atoms with Gasteiger partial charge in [0.05, 0.1) is 6.54 Å². The number of halogens is 1. The predicted octanol–water partition coefficient (Wildman–Crippen LogP) is 3.61. The average Bonchev–Trinajstić information content (AvgIpc) is 3.21. The van der Waals surface area contributed by atoms with Crippen LogP contribution in [0.25, 0.3) is 11.4 Å². The van der Waals surface area contributed by atoms with Crippen LogP contribution < -0.4 is 0 Å². The summed E-state index contributed by atoms with van der Waals surface area (Å²) >= 11 is 6.01. The maximum absolute atomic E-state index is 11.7. The van der Waals surface area contributed by atoms with Crippen molar-refractivity contribution < 1.29 is 14.4 Å². The molecule has 2 heterocycles. The molecule has 2 aromatic rings. The molecule has 3 atom stereocenters. The van der Waals surface area contributed by atoms with E-state index >= 15 is 0 Å². The Labute approximate surface area is 150 Å². The minimum Gasteiger partial charge on any atom is -0.480 e. The van der Waals surface area contributed by atoms with Crippen molar-refractivity contribution >= 4 is 17.6 Å². The summed E-state index contributed by atoms with van der Waals surface area (Å²) in [5.41, 5.74) is 0.786. The second kappa shape index (κ2) is 6.77. The number of benzene rings is 1. The summed E-state index contributed by atoms with van der Waals surface area (Å²) in [6.07, 6.45) is 5.23.